The standard InChI is InChI=1S/C17H16Cl3N/c1-2-21-16-6-4-10-7-11(3-5-13(10)16)17-14(19)8-12(18)9-15(17)20/h3,5,7-9,16,21H,2,4,6H2,1H3. The van der Waals surface area contributed by atoms with E-state index in [4.69, 9.17) is 34.8 Å². The van der Waals surface area contributed by atoms with Crippen LogP contribution in [0, 0.1) is 0 Å². The molecule has 0 fully saturated rings. The lowest BCUT2D eigenvalue weighted by Crippen LogP contribution is -2.18. The molecule has 0 amide bonds. The third-order valence-electron chi connectivity index (χ3n) is 3.97. The van der Waals surface area contributed by atoms with Gasteiger partial charge < -0.3 is 5.32 Å². The van der Waals surface area contributed by atoms with Crippen molar-refractivity contribution in [2.45, 2.75) is 25.8 Å². The van der Waals surface area contributed by atoms with Crippen LogP contribution in [0.5, 0.6) is 0 Å². The fourth-order valence-corrected chi connectivity index (χ4v) is 4.08. The topological polar surface area (TPSA) is 12.0 Å². The van der Waals surface area contributed by atoms with Crippen molar-refractivity contribution >= 4 is 34.8 Å². The van der Waals surface area contributed by atoms with Crippen molar-refractivity contribution in [2.24, 2.45) is 0 Å². The smallest absolute Gasteiger partial charge is 0.0514 e. The Labute approximate surface area is 140 Å². The summed E-state index contributed by atoms with van der Waals surface area (Å²) in [7, 11) is 0. The summed E-state index contributed by atoms with van der Waals surface area (Å²) in [4.78, 5) is 0. The van der Waals surface area contributed by atoms with Crippen molar-refractivity contribution in [1.29, 1.82) is 0 Å². The van der Waals surface area contributed by atoms with Crippen LogP contribution in [0.4, 0.5) is 0 Å². The molecule has 0 saturated carbocycles. The van der Waals surface area contributed by atoms with Crippen molar-refractivity contribution in [2.75, 3.05) is 6.54 Å². The van der Waals surface area contributed by atoms with Gasteiger partial charge in [-0.05, 0) is 48.2 Å². The Bertz CT molecular complexity index is 659. The SMILES string of the molecule is CCNC1CCc2cc(-c3c(Cl)cc(Cl)cc3Cl)ccc21. The zero-order valence-electron chi connectivity index (χ0n) is 11.7. The normalized spacial score (nSPS) is 17.0. The number of fused-ring (bicyclic) bond motifs is 1. The first-order chi connectivity index (χ1) is 10.1. The van der Waals surface area contributed by atoms with E-state index in [-0.39, 0.29) is 0 Å². The van der Waals surface area contributed by atoms with Crippen molar-refractivity contribution < 1.29 is 0 Å². The molecule has 0 radical (unpaired) electrons. The average molecular weight is 341 g/mol. The number of rotatable bonds is 3. The predicted molar refractivity (Wildman–Crippen MR) is 91.6 cm³/mol. The highest BCUT2D eigenvalue weighted by atomic mass is 35.5. The van der Waals surface area contributed by atoms with Crippen LogP contribution in [0.25, 0.3) is 11.1 Å². The number of aryl methyl sites for hydroxylation is 1. The molecule has 1 aliphatic carbocycles. The molecule has 0 bridgehead atoms. The predicted octanol–water partition coefficient (Wildman–Crippen LogP) is 5.91. The molecule has 2 aromatic rings. The van der Waals surface area contributed by atoms with Gasteiger partial charge in [0.2, 0.25) is 0 Å². The molecule has 0 saturated heterocycles. The Balaban J connectivity index is 2.03. The van der Waals surface area contributed by atoms with Crippen LogP contribution in [0.15, 0.2) is 30.3 Å². The van der Waals surface area contributed by atoms with E-state index in [0.29, 0.717) is 21.1 Å². The molecule has 1 unspecified atom stereocenters. The minimum atomic E-state index is 0.468. The summed E-state index contributed by atoms with van der Waals surface area (Å²) in [6.45, 7) is 3.13. The monoisotopic (exact) mass is 339 g/mol. The first kappa shape index (κ1) is 15.2. The second-order valence-corrected chi connectivity index (χ2v) is 6.56. The molecule has 0 aromatic heterocycles. The van der Waals surface area contributed by atoms with Gasteiger partial charge in [0.05, 0.1) is 10.0 Å². The first-order valence-electron chi connectivity index (χ1n) is 7.11. The van der Waals surface area contributed by atoms with Gasteiger partial charge in [-0.1, -0.05) is 59.9 Å². The van der Waals surface area contributed by atoms with Crippen molar-refractivity contribution in [3.05, 3.63) is 56.5 Å². The summed E-state index contributed by atoms with van der Waals surface area (Å²) < 4.78 is 0. The highest BCUT2D eigenvalue weighted by Crippen LogP contribution is 2.40. The Morgan fingerprint density at radius 2 is 1.81 bits per heavy atom. The molecule has 0 heterocycles. The van der Waals surface area contributed by atoms with E-state index in [9.17, 15) is 0 Å². The van der Waals surface area contributed by atoms with Gasteiger partial charge in [-0.25, -0.2) is 0 Å². The molecule has 1 aliphatic rings. The van der Waals surface area contributed by atoms with Crippen molar-refractivity contribution in [3.8, 4) is 11.1 Å². The van der Waals surface area contributed by atoms with Gasteiger partial charge in [-0.15, -0.1) is 0 Å². The van der Waals surface area contributed by atoms with Crippen LogP contribution >= 0.6 is 34.8 Å². The Kier molecular flexibility index (Phi) is 4.46. The largest absolute Gasteiger partial charge is 0.310 e. The van der Waals surface area contributed by atoms with Gasteiger partial charge in [-0.3, -0.25) is 0 Å². The zero-order valence-corrected chi connectivity index (χ0v) is 14.0. The molecule has 2 aromatic carbocycles. The second-order valence-electron chi connectivity index (χ2n) is 5.31. The number of halogens is 3. The first-order valence-corrected chi connectivity index (χ1v) is 8.24. The molecule has 1 N–H and O–H groups in total. The molecule has 3 rings (SSSR count). The van der Waals surface area contributed by atoms with E-state index in [2.05, 4.69) is 30.4 Å². The third-order valence-corrected chi connectivity index (χ3v) is 4.78. The highest BCUT2D eigenvalue weighted by Gasteiger charge is 2.22. The van der Waals surface area contributed by atoms with E-state index in [1.165, 1.54) is 11.1 Å². The lowest BCUT2D eigenvalue weighted by atomic mass is 9.99. The number of hydrogen-bond acceptors (Lipinski definition) is 1. The molecular weight excluding hydrogens is 325 g/mol. The van der Waals surface area contributed by atoms with Crippen LogP contribution in [-0.2, 0) is 6.42 Å². The van der Waals surface area contributed by atoms with Gasteiger partial charge in [0, 0.05) is 16.6 Å². The number of benzene rings is 2. The summed E-state index contributed by atoms with van der Waals surface area (Å²) >= 11 is 18.6. The minimum absolute atomic E-state index is 0.468. The summed E-state index contributed by atoms with van der Waals surface area (Å²) in [5, 5.41) is 5.26. The number of hydrogen-bond donors (Lipinski definition) is 1. The van der Waals surface area contributed by atoms with Crippen LogP contribution in [-0.4, -0.2) is 6.54 Å². The molecule has 4 heteroatoms. The second kappa shape index (κ2) is 6.18. The minimum Gasteiger partial charge on any atom is -0.310 e. The maximum Gasteiger partial charge on any atom is 0.0514 e. The van der Waals surface area contributed by atoms with E-state index < -0.39 is 0 Å². The van der Waals surface area contributed by atoms with Gasteiger partial charge >= 0.3 is 0 Å². The Morgan fingerprint density at radius 3 is 2.48 bits per heavy atom. The molecule has 0 aliphatic heterocycles. The quantitative estimate of drug-likeness (QED) is 0.732. The van der Waals surface area contributed by atoms with Gasteiger partial charge in [0.1, 0.15) is 0 Å². The molecule has 21 heavy (non-hydrogen) atoms. The van der Waals surface area contributed by atoms with Gasteiger partial charge in [0.15, 0.2) is 0 Å². The van der Waals surface area contributed by atoms with Crippen LogP contribution in [0.2, 0.25) is 15.1 Å². The fourth-order valence-electron chi connectivity index (χ4n) is 3.05. The van der Waals surface area contributed by atoms with Crippen LogP contribution in [0.1, 0.15) is 30.5 Å². The third kappa shape index (κ3) is 2.93. The van der Waals surface area contributed by atoms with Crippen molar-refractivity contribution in [1.82, 2.24) is 5.32 Å². The van der Waals surface area contributed by atoms with E-state index >= 15 is 0 Å². The average Bonchev–Trinajstić information content (AvgIpc) is 2.81. The van der Waals surface area contributed by atoms with Gasteiger partial charge in [0.25, 0.3) is 0 Å². The molecule has 1 nitrogen and oxygen atoms in total. The van der Waals surface area contributed by atoms with Crippen LogP contribution < -0.4 is 5.32 Å². The van der Waals surface area contributed by atoms with E-state index in [1.807, 2.05) is 0 Å². The van der Waals surface area contributed by atoms with Crippen LogP contribution in [0.3, 0.4) is 0 Å². The lowest BCUT2D eigenvalue weighted by Gasteiger charge is -2.14. The summed E-state index contributed by atoms with van der Waals surface area (Å²) in [5.74, 6) is 0. The lowest BCUT2D eigenvalue weighted by molar-refractivity contribution is 0.549. The maximum atomic E-state index is 6.32. The summed E-state index contributed by atoms with van der Waals surface area (Å²) in [6, 6.07) is 10.4. The highest BCUT2D eigenvalue weighted by molar-refractivity contribution is 6.41. The molecule has 0 spiro atoms. The molecular formula is C17H16Cl3N. The summed E-state index contributed by atoms with van der Waals surface area (Å²) in [6.07, 6.45) is 2.23. The maximum absolute atomic E-state index is 6.32. The molecule has 110 valence electrons. The number of nitrogens with one attached hydrogen (secondary N) is 1. The van der Waals surface area contributed by atoms with E-state index in [0.717, 1.165) is 30.5 Å². The van der Waals surface area contributed by atoms with Crippen molar-refractivity contribution in [3.63, 3.8) is 0 Å². The fraction of sp³-hybridized carbons (Fsp3) is 0.294. The zero-order chi connectivity index (χ0) is 15.0. The molecule has 1 atom stereocenters. The summed E-state index contributed by atoms with van der Waals surface area (Å²) in [5.41, 5.74) is 4.68. The Hall–Kier alpha value is -0.730. The Morgan fingerprint density at radius 1 is 1.10 bits per heavy atom. The van der Waals surface area contributed by atoms with E-state index in [1.54, 1.807) is 12.1 Å². The van der Waals surface area contributed by atoms with Gasteiger partial charge in [-0.2, -0.15) is 0 Å².